The van der Waals surface area contributed by atoms with Crippen molar-refractivity contribution in [3.63, 3.8) is 0 Å². The molecule has 0 aliphatic heterocycles. The van der Waals surface area contributed by atoms with Crippen LogP contribution in [-0.2, 0) is 0 Å². The van der Waals surface area contributed by atoms with Gasteiger partial charge in [0.25, 0.3) is 0 Å². The summed E-state index contributed by atoms with van der Waals surface area (Å²) >= 11 is 0. The fourth-order valence-corrected chi connectivity index (χ4v) is 0.907. The number of rotatable bonds is 4. The number of anilines is 2. The van der Waals surface area contributed by atoms with Gasteiger partial charge in [0.1, 0.15) is 5.82 Å². The van der Waals surface area contributed by atoms with Crippen LogP contribution < -0.4 is 10.6 Å². The van der Waals surface area contributed by atoms with E-state index < -0.39 is 0 Å². The van der Waals surface area contributed by atoms with Crippen LogP contribution in [-0.4, -0.2) is 23.1 Å². The van der Waals surface area contributed by atoms with Gasteiger partial charge in [0.2, 0.25) is 0 Å². The summed E-state index contributed by atoms with van der Waals surface area (Å²) in [6.45, 7) is 5.89. The van der Waals surface area contributed by atoms with E-state index in [0.29, 0.717) is 0 Å². The highest BCUT2D eigenvalue weighted by molar-refractivity contribution is 5.58. The molecule has 0 amide bonds. The lowest BCUT2D eigenvalue weighted by atomic mass is 10.5. The molecule has 1 heterocycles. The molecular formula is C7H14N4. The molecule has 0 aliphatic rings. The Labute approximate surface area is 66.4 Å². The van der Waals surface area contributed by atoms with E-state index in [2.05, 4.69) is 27.5 Å². The fourth-order valence-electron chi connectivity index (χ4n) is 0.907. The van der Waals surface area contributed by atoms with Gasteiger partial charge < -0.3 is 15.6 Å². The van der Waals surface area contributed by atoms with Crippen LogP contribution in [0.1, 0.15) is 13.8 Å². The molecule has 0 saturated carbocycles. The number of nitrogens with zero attached hydrogens (tertiary/aromatic N) is 1. The molecule has 0 spiro atoms. The van der Waals surface area contributed by atoms with Crippen LogP contribution in [0.2, 0.25) is 0 Å². The summed E-state index contributed by atoms with van der Waals surface area (Å²) in [5, 5.41) is 6.30. The average molecular weight is 154 g/mol. The average Bonchev–Trinajstić information content (AvgIpc) is 2.39. The molecule has 0 unspecified atom stereocenters. The van der Waals surface area contributed by atoms with E-state index in [1.54, 1.807) is 6.33 Å². The molecule has 0 aliphatic carbocycles. The predicted molar refractivity (Wildman–Crippen MR) is 46.9 cm³/mol. The summed E-state index contributed by atoms with van der Waals surface area (Å²) < 4.78 is 0. The Hall–Kier alpha value is -1.19. The van der Waals surface area contributed by atoms with Gasteiger partial charge in [0, 0.05) is 13.1 Å². The van der Waals surface area contributed by atoms with Gasteiger partial charge in [-0.2, -0.15) is 0 Å². The maximum absolute atomic E-state index is 4.10. The van der Waals surface area contributed by atoms with Gasteiger partial charge in [0.05, 0.1) is 6.33 Å². The molecule has 3 N–H and O–H groups in total. The lowest BCUT2D eigenvalue weighted by molar-refractivity contribution is 1.15. The summed E-state index contributed by atoms with van der Waals surface area (Å²) in [6.07, 6.45) is 1.68. The zero-order chi connectivity index (χ0) is 8.10. The van der Waals surface area contributed by atoms with Crippen LogP contribution in [0.15, 0.2) is 6.33 Å². The first-order chi connectivity index (χ1) is 5.38. The first-order valence-corrected chi connectivity index (χ1v) is 3.89. The number of hydrogen-bond acceptors (Lipinski definition) is 3. The third-order valence-corrected chi connectivity index (χ3v) is 1.34. The minimum absolute atomic E-state index is 0.892. The molecule has 4 nitrogen and oxygen atoms in total. The molecule has 0 aromatic carbocycles. The minimum atomic E-state index is 0.892. The SMILES string of the molecule is CCNc1nc[nH]c1NCC. The van der Waals surface area contributed by atoms with E-state index in [0.717, 1.165) is 24.7 Å². The van der Waals surface area contributed by atoms with Crippen LogP contribution in [0.4, 0.5) is 11.6 Å². The van der Waals surface area contributed by atoms with E-state index in [4.69, 9.17) is 0 Å². The Morgan fingerprint density at radius 1 is 1.36 bits per heavy atom. The maximum Gasteiger partial charge on any atom is 0.168 e. The molecule has 0 radical (unpaired) electrons. The Kier molecular flexibility index (Phi) is 2.77. The second-order valence-corrected chi connectivity index (χ2v) is 2.19. The number of aromatic nitrogens is 2. The normalized spacial score (nSPS) is 9.64. The second-order valence-electron chi connectivity index (χ2n) is 2.19. The molecule has 1 rings (SSSR count). The van der Waals surface area contributed by atoms with Gasteiger partial charge in [-0.3, -0.25) is 0 Å². The molecule has 11 heavy (non-hydrogen) atoms. The predicted octanol–water partition coefficient (Wildman–Crippen LogP) is 1.27. The van der Waals surface area contributed by atoms with Crippen molar-refractivity contribution in [2.24, 2.45) is 0 Å². The zero-order valence-electron chi connectivity index (χ0n) is 6.94. The van der Waals surface area contributed by atoms with Crippen LogP contribution in [0, 0.1) is 0 Å². The van der Waals surface area contributed by atoms with Gasteiger partial charge in [-0.25, -0.2) is 4.98 Å². The summed E-state index contributed by atoms with van der Waals surface area (Å²) in [5.41, 5.74) is 0. The molecule has 0 saturated heterocycles. The molecule has 0 atom stereocenters. The standard InChI is InChI=1S/C7H14N4/c1-3-8-6-7(9-4-2)11-5-10-6/h5,8-9H,3-4H2,1-2H3,(H,10,11). The topological polar surface area (TPSA) is 52.7 Å². The van der Waals surface area contributed by atoms with Crippen molar-refractivity contribution in [3.05, 3.63) is 6.33 Å². The van der Waals surface area contributed by atoms with E-state index in [-0.39, 0.29) is 0 Å². The van der Waals surface area contributed by atoms with Crippen molar-refractivity contribution in [1.82, 2.24) is 9.97 Å². The van der Waals surface area contributed by atoms with E-state index in [1.165, 1.54) is 0 Å². The molecular weight excluding hydrogens is 140 g/mol. The Bertz CT molecular complexity index is 185. The molecule has 0 fully saturated rings. The summed E-state index contributed by atoms with van der Waals surface area (Å²) in [4.78, 5) is 7.10. The number of H-pyrrole nitrogens is 1. The third kappa shape index (κ3) is 1.86. The smallest absolute Gasteiger partial charge is 0.168 e. The van der Waals surface area contributed by atoms with Crippen LogP contribution in [0.3, 0.4) is 0 Å². The van der Waals surface area contributed by atoms with E-state index in [1.807, 2.05) is 6.92 Å². The lowest BCUT2D eigenvalue weighted by Crippen LogP contribution is -2.03. The highest BCUT2D eigenvalue weighted by atomic mass is 15.1. The molecule has 1 aromatic heterocycles. The quantitative estimate of drug-likeness (QED) is 0.612. The fraction of sp³-hybridized carbons (Fsp3) is 0.571. The van der Waals surface area contributed by atoms with Crippen molar-refractivity contribution in [1.29, 1.82) is 0 Å². The first-order valence-electron chi connectivity index (χ1n) is 3.89. The molecule has 1 aromatic rings. The second kappa shape index (κ2) is 3.85. The summed E-state index contributed by atoms with van der Waals surface area (Å²) in [6, 6.07) is 0. The van der Waals surface area contributed by atoms with Gasteiger partial charge in [-0.05, 0) is 13.8 Å². The van der Waals surface area contributed by atoms with Crippen molar-refractivity contribution >= 4 is 11.6 Å². The van der Waals surface area contributed by atoms with Crippen molar-refractivity contribution in [3.8, 4) is 0 Å². The number of nitrogens with one attached hydrogen (secondary N) is 3. The Morgan fingerprint density at radius 3 is 2.73 bits per heavy atom. The first kappa shape index (κ1) is 7.91. The van der Waals surface area contributed by atoms with Gasteiger partial charge in [-0.1, -0.05) is 0 Å². The number of hydrogen-bond donors (Lipinski definition) is 3. The largest absolute Gasteiger partial charge is 0.369 e. The molecule has 4 heteroatoms. The van der Waals surface area contributed by atoms with Gasteiger partial charge >= 0.3 is 0 Å². The number of imidazole rings is 1. The van der Waals surface area contributed by atoms with Gasteiger partial charge in [-0.15, -0.1) is 0 Å². The lowest BCUT2D eigenvalue weighted by Gasteiger charge is -2.03. The van der Waals surface area contributed by atoms with Crippen molar-refractivity contribution in [2.45, 2.75) is 13.8 Å². The highest BCUT2D eigenvalue weighted by Gasteiger charge is 2.00. The highest BCUT2D eigenvalue weighted by Crippen LogP contribution is 2.13. The summed E-state index contributed by atoms with van der Waals surface area (Å²) in [5.74, 6) is 1.86. The van der Waals surface area contributed by atoms with E-state index >= 15 is 0 Å². The van der Waals surface area contributed by atoms with Crippen LogP contribution in [0.25, 0.3) is 0 Å². The molecule has 62 valence electrons. The van der Waals surface area contributed by atoms with Crippen LogP contribution >= 0.6 is 0 Å². The Balaban J connectivity index is 2.62. The van der Waals surface area contributed by atoms with Crippen LogP contribution in [0.5, 0.6) is 0 Å². The maximum atomic E-state index is 4.10. The van der Waals surface area contributed by atoms with Crippen molar-refractivity contribution in [2.75, 3.05) is 23.7 Å². The van der Waals surface area contributed by atoms with Crippen molar-refractivity contribution < 1.29 is 0 Å². The zero-order valence-corrected chi connectivity index (χ0v) is 6.94. The monoisotopic (exact) mass is 154 g/mol. The Morgan fingerprint density at radius 2 is 2.09 bits per heavy atom. The van der Waals surface area contributed by atoms with E-state index in [9.17, 15) is 0 Å². The number of aromatic amines is 1. The minimum Gasteiger partial charge on any atom is -0.369 e. The summed E-state index contributed by atoms with van der Waals surface area (Å²) in [7, 11) is 0. The third-order valence-electron chi connectivity index (χ3n) is 1.34. The van der Waals surface area contributed by atoms with Gasteiger partial charge in [0.15, 0.2) is 5.82 Å². The molecule has 0 bridgehead atoms.